The fourth-order valence-electron chi connectivity index (χ4n) is 8.49. The van der Waals surface area contributed by atoms with E-state index in [1.807, 2.05) is 72.8 Å². The Morgan fingerprint density at radius 2 is 0.750 bits per heavy atom. The van der Waals surface area contributed by atoms with E-state index in [2.05, 4.69) is 103 Å². The van der Waals surface area contributed by atoms with Gasteiger partial charge in [-0.1, -0.05) is 133 Å². The van der Waals surface area contributed by atoms with Crippen LogP contribution in [0.15, 0.2) is 185 Å². The Hall–Kier alpha value is -7.63. The molecule has 0 aliphatic carbocycles. The Morgan fingerprint density at radius 3 is 1.48 bits per heavy atom. The van der Waals surface area contributed by atoms with Gasteiger partial charge in [0.05, 0.1) is 0 Å². The standard InChI is InChI=1S/C51H29N3O2/c1-2-12-30(13-3-1)49-52-50(32-23-25-40-39-18-8-10-20-44(39)55-46(40)28-32)54-51(53-49)43-27-33(29-47-48(43)41-19-9-11-21-45(41)56-47)31-22-24-38-36-16-5-4-14-34(36)35-15-6-7-17-37(35)42(38)26-31/h1-29H. The second kappa shape index (κ2) is 11.9. The number of benzene rings is 9. The van der Waals surface area contributed by atoms with Crippen molar-refractivity contribution in [3.63, 3.8) is 0 Å². The molecule has 260 valence electrons. The van der Waals surface area contributed by atoms with Crippen LogP contribution in [0, 0.1) is 0 Å². The lowest BCUT2D eigenvalue weighted by molar-refractivity contribution is 0.668. The van der Waals surface area contributed by atoms with Gasteiger partial charge in [-0.2, -0.15) is 0 Å². The van der Waals surface area contributed by atoms with E-state index in [1.54, 1.807) is 0 Å². The number of hydrogen-bond donors (Lipinski definition) is 0. The first-order valence-electron chi connectivity index (χ1n) is 18.8. The van der Waals surface area contributed by atoms with Gasteiger partial charge in [-0.15, -0.1) is 0 Å². The van der Waals surface area contributed by atoms with E-state index in [1.165, 1.54) is 32.3 Å². The second-order valence-corrected chi connectivity index (χ2v) is 14.3. The first kappa shape index (κ1) is 30.8. The van der Waals surface area contributed by atoms with Crippen LogP contribution in [0.4, 0.5) is 0 Å². The zero-order valence-corrected chi connectivity index (χ0v) is 29.9. The minimum Gasteiger partial charge on any atom is -0.456 e. The monoisotopic (exact) mass is 715 g/mol. The van der Waals surface area contributed by atoms with Crippen molar-refractivity contribution < 1.29 is 8.83 Å². The Morgan fingerprint density at radius 1 is 0.268 bits per heavy atom. The van der Waals surface area contributed by atoms with Gasteiger partial charge in [0.2, 0.25) is 0 Å². The third-order valence-corrected chi connectivity index (χ3v) is 11.1. The van der Waals surface area contributed by atoms with Gasteiger partial charge in [0.1, 0.15) is 22.3 Å². The largest absolute Gasteiger partial charge is 0.456 e. The molecule has 0 saturated carbocycles. The summed E-state index contributed by atoms with van der Waals surface area (Å²) in [5.74, 6) is 1.71. The normalized spacial score (nSPS) is 11.9. The molecule has 0 spiro atoms. The van der Waals surface area contributed by atoms with Crippen molar-refractivity contribution in [3.8, 4) is 45.3 Å². The van der Waals surface area contributed by atoms with Gasteiger partial charge in [-0.05, 0) is 85.9 Å². The maximum Gasteiger partial charge on any atom is 0.164 e. The van der Waals surface area contributed by atoms with Crippen molar-refractivity contribution in [1.29, 1.82) is 0 Å². The lowest BCUT2D eigenvalue weighted by atomic mass is 9.91. The number of rotatable bonds is 4. The average Bonchev–Trinajstić information content (AvgIpc) is 3.84. The van der Waals surface area contributed by atoms with E-state index < -0.39 is 0 Å². The second-order valence-electron chi connectivity index (χ2n) is 14.3. The van der Waals surface area contributed by atoms with E-state index in [9.17, 15) is 0 Å². The van der Waals surface area contributed by atoms with Crippen LogP contribution in [0.1, 0.15) is 0 Å². The summed E-state index contributed by atoms with van der Waals surface area (Å²) in [6.07, 6.45) is 0. The predicted octanol–water partition coefficient (Wildman–Crippen LogP) is 13.8. The number of para-hydroxylation sites is 2. The zero-order valence-electron chi connectivity index (χ0n) is 29.9. The van der Waals surface area contributed by atoms with E-state index in [0.717, 1.165) is 71.7 Å². The number of fused-ring (bicyclic) bond motifs is 12. The summed E-state index contributed by atoms with van der Waals surface area (Å²) >= 11 is 0. The maximum atomic E-state index is 6.62. The number of nitrogens with zero attached hydrogens (tertiary/aromatic N) is 3. The number of furan rings is 2. The van der Waals surface area contributed by atoms with Crippen LogP contribution in [0.3, 0.4) is 0 Å². The first-order chi connectivity index (χ1) is 27.7. The molecule has 0 amide bonds. The molecule has 0 atom stereocenters. The fraction of sp³-hybridized carbons (Fsp3) is 0. The molecule has 5 nitrogen and oxygen atoms in total. The zero-order chi connectivity index (χ0) is 36.7. The molecule has 3 heterocycles. The summed E-state index contributed by atoms with van der Waals surface area (Å²) in [6.45, 7) is 0. The fourth-order valence-corrected chi connectivity index (χ4v) is 8.49. The highest BCUT2D eigenvalue weighted by Crippen LogP contribution is 2.42. The van der Waals surface area contributed by atoms with Gasteiger partial charge in [0, 0.05) is 38.2 Å². The SMILES string of the molecule is c1ccc(-c2nc(-c3ccc4c(c3)oc3ccccc34)nc(-c3cc(-c4ccc5c6ccccc6c6ccccc6c5c4)cc4oc5ccccc5c34)n2)cc1. The van der Waals surface area contributed by atoms with Gasteiger partial charge in [0.15, 0.2) is 17.5 Å². The molecule has 0 bridgehead atoms. The van der Waals surface area contributed by atoms with Gasteiger partial charge < -0.3 is 8.83 Å². The lowest BCUT2D eigenvalue weighted by Gasteiger charge is -2.13. The van der Waals surface area contributed by atoms with E-state index in [-0.39, 0.29) is 0 Å². The van der Waals surface area contributed by atoms with Crippen LogP contribution < -0.4 is 0 Å². The van der Waals surface area contributed by atoms with Gasteiger partial charge in [-0.25, -0.2) is 15.0 Å². The topological polar surface area (TPSA) is 65.0 Å². The highest BCUT2D eigenvalue weighted by Gasteiger charge is 2.21. The molecule has 0 saturated heterocycles. The molecule has 12 aromatic rings. The van der Waals surface area contributed by atoms with Crippen LogP contribution >= 0.6 is 0 Å². The van der Waals surface area contributed by atoms with Crippen molar-refractivity contribution in [2.45, 2.75) is 0 Å². The van der Waals surface area contributed by atoms with Crippen molar-refractivity contribution in [3.05, 3.63) is 176 Å². The highest BCUT2D eigenvalue weighted by atomic mass is 16.3. The van der Waals surface area contributed by atoms with Crippen LogP contribution in [-0.4, -0.2) is 15.0 Å². The van der Waals surface area contributed by atoms with Crippen LogP contribution in [-0.2, 0) is 0 Å². The first-order valence-corrected chi connectivity index (χ1v) is 18.8. The van der Waals surface area contributed by atoms with E-state index in [4.69, 9.17) is 23.8 Å². The molecule has 5 heteroatoms. The average molecular weight is 716 g/mol. The summed E-state index contributed by atoms with van der Waals surface area (Å²) in [6, 6.07) is 61.1. The molecule has 12 rings (SSSR count). The molecule has 3 aromatic heterocycles. The van der Waals surface area contributed by atoms with Crippen LogP contribution in [0.5, 0.6) is 0 Å². The molecule has 0 unspecified atom stereocenters. The summed E-state index contributed by atoms with van der Waals surface area (Å²) in [5.41, 5.74) is 7.92. The smallest absolute Gasteiger partial charge is 0.164 e. The Labute approximate surface area is 320 Å². The van der Waals surface area contributed by atoms with Gasteiger partial charge in [0.25, 0.3) is 0 Å². The Bertz CT molecular complexity index is 3510. The third-order valence-electron chi connectivity index (χ3n) is 11.1. The van der Waals surface area contributed by atoms with Crippen molar-refractivity contribution in [2.75, 3.05) is 0 Å². The predicted molar refractivity (Wildman–Crippen MR) is 229 cm³/mol. The Balaban J connectivity index is 1.12. The summed E-state index contributed by atoms with van der Waals surface area (Å²) in [4.78, 5) is 15.5. The molecule has 0 fully saturated rings. The molecule has 0 aliphatic rings. The molecular weight excluding hydrogens is 687 g/mol. The highest BCUT2D eigenvalue weighted by molar-refractivity contribution is 6.26. The quantitative estimate of drug-likeness (QED) is 0.170. The summed E-state index contributed by atoms with van der Waals surface area (Å²) < 4.78 is 12.9. The molecule has 0 radical (unpaired) electrons. The van der Waals surface area contributed by atoms with Crippen molar-refractivity contribution in [2.24, 2.45) is 0 Å². The van der Waals surface area contributed by atoms with E-state index >= 15 is 0 Å². The molecular formula is C51H29N3O2. The van der Waals surface area contributed by atoms with E-state index in [0.29, 0.717) is 17.5 Å². The van der Waals surface area contributed by atoms with Gasteiger partial charge in [-0.3, -0.25) is 0 Å². The molecule has 0 aliphatic heterocycles. The third kappa shape index (κ3) is 4.71. The maximum absolute atomic E-state index is 6.62. The summed E-state index contributed by atoms with van der Waals surface area (Å²) in [7, 11) is 0. The van der Waals surface area contributed by atoms with Gasteiger partial charge >= 0.3 is 0 Å². The molecule has 9 aromatic carbocycles. The summed E-state index contributed by atoms with van der Waals surface area (Å²) in [5, 5.41) is 11.5. The van der Waals surface area contributed by atoms with Crippen LogP contribution in [0.2, 0.25) is 0 Å². The van der Waals surface area contributed by atoms with Crippen molar-refractivity contribution in [1.82, 2.24) is 15.0 Å². The minimum atomic E-state index is 0.562. The molecule has 56 heavy (non-hydrogen) atoms. The minimum absolute atomic E-state index is 0.562. The number of hydrogen-bond acceptors (Lipinski definition) is 5. The van der Waals surface area contributed by atoms with Crippen molar-refractivity contribution >= 4 is 76.2 Å². The molecule has 0 N–H and O–H groups in total. The van der Waals surface area contributed by atoms with Crippen LogP contribution in [0.25, 0.3) is 121 Å². The number of aromatic nitrogens is 3. The Kier molecular flexibility index (Phi) is 6.56. The lowest BCUT2D eigenvalue weighted by Crippen LogP contribution is -2.00.